The van der Waals surface area contributed by atoms with Crippen molar-refractivity contribution in [2.75, 3.05) is 6.61 Å². The topological polar surface area (TPSA) is 62.7 Å². The standard InChI is InChI=1S/C23H22Cl2N2O3/c1-16(14-28)27(13-18-10-11-19(24)20(25)12-18)23(29)21-8-5-9-22(26-21)30-15-17-6-3-2-4-7-17/h2-12,16,28H,13-15H2,1H3. The summed E-state index contributed by atoms with van der Waals surface area (Å²) in [5, 5.41) is 10.5. The number of aliphatic hydroxyl groups excluding tert-OH is 1. The van der Waals surface area contributed by atoms with Crippen LogP contribution < -0.4 is 4.74 Å². The molecule has 0 fully saturated rings. The molecule has 0 radical (unpaired) electrons. The van der Waals surface area contributed by atoms with E-state index in [0.29, 0.717) is 22.5 Å². The fourth-order valence-electron chi connectivity index (χ4n) is 2.85. The Labute approximate surface area is 185 Å². The van der Waals surface area contributed by atoms with Crippen molar-refractivity contribution in [2.45, 2.75) is 26.1 Å². The molecule has 0 spiro atoms. The van der Waals surface area contributed by atoms with Gasteiger partial charge in [0.15, 0.2) is 0 Å². The SMILES string of the molecule is CC(CO)N(Cc1ccc(Cl)c(Cl)c1)C(=O)c1cccc(OCc2ccccc2)n1. The van der Waals surface area contributed by atoms with Crippen molar-refractivity contribution in [1.29, 1.82) is 0 Å². The highest BCUT2D eigenvalue weighted by Crippen LogP contribution is 2.24. The van der Waals surface area contributed by atoms with E-state index in [9.17, 15) is 9.90 Å². The summed E-state index contributed by atoms with van der Waals surface area (Å²) in [6.45, 7) is 2.20. The summed E-state index contributed by atoms with van der Waals surface area (Å²) in [4.78, 5) is 19.1. The van der Waals surface area contributed by atoms with E-state index in [0.717, 1.165) is 11.1 Å². The minimum atomic E-state index is -0.414. The summed E-state index contributed by atoms with van der Waals surface area (Å²) < 4.78 is 5.73. The summed E-state index contributed by atoms with van der Waals surface area (Å²) in [5.41, 5.74) is 2.04. The van der Waals surface area contributed by atoms with Crippen LogP contribution in [0.4, 0.5) is 0 Å². The zero-order valence-corrected chi connectivity index (χ0v) is 18.0. The molecule has 7 heteroatoms. The van der Waals surface area contributed by atoms with Gasteiger partial charge in [-0.2, -0.15) is 0 Å². The molecule has 1 heterocycles. The Balaban J connectivity index is 1.77. The van der Waals surface area contributed by atoms with Crippen LogP contribution in [0, 0.1) is 0 Å². The fourth-order valence-corrected chi connectivity index (χ4v) is 3.17. The minimum Gasteiger partial charge on any atom is -0.473 e. The molecule has 0 aliphatic carbocycles. The smallest absolute Gasteiger partial charge is 0.273 e. The predicted molar refractivity (Wildman–Crippen MR) is 118 cm³/mol. The van der Waals surface area contributed by atoms with Crippen LogP contribution in [0.25, 0.3) is 0 Å². The van der Waals surface area contributed by atoms with Crippen molar-refractivity contribution in [1.82, 2.24) is 9.88 Å². The van der Waals surface area contributed by atoms with Crippen LogP contribution in [-0.4, -0.2) is 33.5 Å². The lowest BCUT2D eigenvalue weighted by Crippen LogP contribution is -2.40. The monoisotopic (exact) mass is 444 g/mol. The maximum absolute atomic E-state index is 13.2. The van der Waals surface area contributed by atoms with Crippen LogP contribution in [0.2, 0.25) is 10.0 Å². The number of carbonyl (C=O) groups excluding carboxylic acids is 1. The summed E-state index contributed by atoms with van der Waals surface area (Å²) in [6.07, 6.45) is 0. The second-order valence-corrected chi connectivity index (χ2v) is 7.66. The first kappa shape index (κ1) is 22.1. The van der Waals surface area contributed by atoms with E-state index in [-0.39, 0.29) is 24.8 Å². The molecule has 1 unspecified atom stereocenters. The van der Waals surface area contributed by atoms with Crippen LogP contribution in [-0.2, 0) is 13.2 Å². The zero-order valence-electron chi connectivity index (χ0n) is 16.5. The van der Waals surface area contributed by atoms with Crippen molar-refractivity contribution in [3.05, 3.63) is 93.6 Å². The van der Waals surface area contributed by atoms with Crippen LogP contribution in [0.15, 0.2) is 66.7 Å². The van der Waals surface area contributed by atoms with Gasteiger partial charge in [-0.25, -0.2) is 4.98 Å². The van der Waals surface area contributed by atoms with Gasteiger partial charge in [0.2, 0.25) is 5.88 Å². The lowest BCUT2D eigenvalue weighted by atomic mass is 10.1. The second-order valence-electron chi connectivity index (χ2n) is 6.85. The van der Waals surface area contributed by atoms with E-state index in [2.05, 4.69) is 4.98 Å². The summed E-state index contributed by atoms with van der Waals surface area (Å²) in [7, 11) is 0. The fraction of sp³-hybridized carbons (Fsp3) is 0.217. The summed E-state index contributed by atoms with van der Waals surface area (Å²) in [5.74, 6) is 0.0450. The predicted octanol–water partition coefficient (Wildman–Crippen LogP) is 4.99. The average molecular weight is 445 g/mol. The molecule has 0 aliphatic rings. The molecule has 3 aromatic rings. The minimum absolute atomic E-state index is 0.183. The quantitative estimate of drug-likeness (QED) is 0.531. The Bertz CT molecular complexity index is 999. The molecule has 2 aromatic carbocycles. The number of aromatic nitrogens is 1. The number of ether oxygens (including phenoxy) is 1. The van der Waals surface area contributed by atoms with Gasteiger partial charge in [-0.05, 0) is 36.2 Å². The van der Waals surface area contributed by atoms with Gasteiger partial charge in [0.1, 0.15) is 12.3 Å². The van der Waals surface area contributed by atoms with Gasteiger partial charge >= 0.3 is 0 Å². The first-order valence-corrected chi connectivity index (χ1v) is 10.2. The number of rotatable bonds is 8. The maximum atomic E-state index is 13.2. The highest BCUT2D eigenvalue weighted by molar-refractivity contribution is 6.42. The van der Waals surface area contributed by atoms with Gasteiger partial charge in [0.25, 0.3) is 5.91 Å². The Morgan fingerprint density at radius 3 is 2.50 bits per heavy atom. The number of halogens is 2. The number of hydrogen-bond acceptors (Lipinski definition) is 4. The first-order valence-electron chi connectivity index (χ1n) is 9.47. The third kappa shape index (κ3) is 5.72. The molecule has 0 saturated heterocycles. The largest absolute Gasteiger partial charge is 0.473 e. The van der Waals surface area contributed by atoms with Gasteiger partial charge in [0.05, 0.1) is 22.7 Å². The van der Waals surface area contributed by atoms with Gasteiger partial charge in [-0.1, -0.05) is 65.7 Å². The van der Waals surface area contributed by atoms with Crippen LogP contribution in [0.3, 0.4) is 0 Å². The number of amides is 1. The highest BCUT2D eigenvalue weighted by Gasteiger charge is 2.23. The number of hydrogen-bond donors (Lipinski definition) is 1. The van der Waals surface area contributed by atoms with Gasteiger partial charge in [-0.3, -0.25) is 4.79 Å². The Kier molecular flexibility index (Phi) is 7.69. The van der Waals surface area contributed by atoms with Crippen molar-refractivity contribution >= 4 is 29.1 Å². The maximum Gasteiger partial charge on any atom is 0.273 e. The van der Waals surface area contributed by atoms with Gasteiger partial charge < -0.3 is 14.7 Å². The molecule has 5 nitrogen and oxygen atoms in total. The highest BCUT2D eigenvalue weighted by atomic mass is 35.5. The third-order valence-corrected chi connectivity index (χ3v) is 5.31. The number of benzene rings is 2. The molecule has 0 aliphatic heterocycles. The third-order valence-electron chi connectivity index (χ3n) is 4.57. The van der Waals surface area contributed by atoms with Crippen molar-refractivity contribution < 1.29 is 14.6 Å². The molecule has 156 valence electrons. The molecule has 3 rings (SSSR count). The van der Waals surface area contributed by atoms with E-state index in [1.54, 1.807) is 48.2 Å². The van der Waals surface area contributed by atoms with E-state index in [1.165, 1.54) is 0 Å². The molecule has 1 atom stereocenters. The van der Waals surface area contributed by atoms with Gasteiger partial charge in [-0.15, -0.1) is 0 Å². The first-order chi connectivity index (χ1) is 14.5. The molecule has 1 aromatic heterocycles. The van der Waals surface area contributed by atoms with E-state index in [1.807, 2.05) is 30.3 Å². The van der Waals surface area contributed by atoms with E-state index in [4.69, 9.17) is 27.9 Å². The molecule has 0 bridgehead atoms. The number of nitrogens with zero attached hydrogens (tertiary/aromatic N) is 2. The molecular formula is C23H22Cl2N2O3. The summed E-state index contributed by atoms with van der Waals surface area (Å²) in [6, 6.07) is 19.5. The molecule has 30 heavy (non-hydrogen) atoms. The molecular weight excluding hydrogens is 423 g/mol. The van der Waals surface area contributed by atoms with Crippen molar-refractivity contribution in [3.63, 3.8) is 0 Å². The van der Waals surface area contributed by atoms with Crippen molar-refractivity contribution in [3.8, 4) is 5.88 Å². The average Bonchev–Trinajstić information content (AvgIpc) is 2.78. The second kappa shape index (κ2) is 10.4. The Hall–Kier alpha value is -2.60. The Morgan fingerprint density at radius 1 is 1.03 bits per heavy atom. The Morgan fingerprint density at radius 2 is 1.80 bits per heavy atom. The molecule has 1 amide bonds. The molecule has 1 N–H and O–H groups in total. The van der Waals surface area contributed by atoms with E-state index < -0.39 is 6.04 Å². The van der Waals surface area contributed by atoms with Gasteiger partial charge in [0, 0.05) is 12.6 Å². The summed E-state index contributed by atoms with van der Waals surface area (Å²) >= 11 is 12.1. The van der Waals surface area contributed by atoms with E-state index >= 15 is 0 Å². The number of pyridine rings is 1. The van der Waals surface area contributed by atoms with Crippen LogP contribution in [0.5, 0.6) is 5.88 Å². The lowest BCUT2D eigenvalue weighted by Gasteiger charge is -2.28. The van der Waals surface area contributed by atoms with Crippen LogP contribution in [0.1, 0.15) is 28.5 Å². The van der Waals surface area contributed by atoms with Crippen molar-refractivity contribution in [2.24, 2.45) is 0 Å². The number of aliphatic hydroxyl groups is 1. The van der Waals surface area contributed by atoms with Crippen LogP contribution >= 0.6 is 23.2 Å². The zero-order chi connectivity index (χ0) is 21.5. The lowest BCUT2D eigenvalue weighted by molar-refractivity contribution is 0.0591. The normalized spacial score (nSPS) is 11.7. The number of carbonyl (C=O) groups is 1. The molecule has 0 saturated carbocycles.